The van der Waals surface area contributed by atoms with Crippen molar-refractivity contribution in [3.8, 4) is 5.75 Å². The maximum atomic E-state index is 5.85. The van der Waals surface area contributed by atoms with Gasteiger partial charge in [-0.1, -0.05) is 0 Å². The summed E-state index contributed by atoms with van der Waals surface area (Å²) in [7, 11) is 0. The van der Waals surface area contributed by atoms with E-state index in [1.54, 1.807) is 0 Å². The molecule has 6 nitrogen and oxygen atoms in total. The largest absolute Gasteiger partial charge is 0.493 e. The molecule has 0 radical (unpaired) electrons. The molecule has 0 unspecified atom stereocenters. The first-order valence-corrected chi connectivity index (χ1v) is 7.25. The van der Waals surface area contributed by atoms with Gasteiger partial charge in [0.2, 0.25) is 5.96 Å². The molecule has 1 aromatic carbocycles. The van der Waals surface area contributed by atoms with E-state index in [1.165, 1.54) is 0 Å². The van der Waals surface area contributed by atoms with E-state index in [-0.39, 0.29) is 0 Å². The molecule has 0 amide bonds. The maximum absolute atomic E-state index is 5.85. The molecule has 0 bridgehead atoms. The van der Waals surface area contributed by atoms with Gasteiger partial charge in [-0.2, -0.15) is 5.10 Å². The summed E-state index contributed by atoms with van der Waals surface area (Å²) in [5.74, 6) is 1.84. The molecule has 3 N–H and O–H groups in total. The van der Waals surface area contributed by atoms with Crippen LogP contribution < -0.4 is 15.9 Å². The number of rotatable bonds is 4. The average Bonchev–Trinajstić information content (AvgIpc) is 2.55. The lowest BCUT2D eigenvalue weighted by molar-refractivity contribution is 0.0497. The van der Waals surface area contributed by atoms with Gasteiger partial charge in [0.25, 0.3) is 0 Å². The molecule has 1 aromatic rings. The summed E-state index contributed by atoms with van der Waals surface area (Å²) in [5.41, 5.74) is 10.1. The molecular formula is C15H20N4O2. The van der Waals surface area contributed by atoms with Gasteiger partial charge in [-0.3, -0.25) is 0 Å². The molecule has 1 fully saturated rings. The first-order chi connectivity index (χ1) is 10.3. The molecule has 3 rings (SSSR count). The first kappa shape index (κ1) is 13.9. The van der Waals surface area contributed by atoms with Crippen LogP contribution >= 0.6 is 0 Å². The zero-order chi connectivity index (χ0) is 14.5. The number of hydrogen-bond donors (Lipinski definition) is 2. The Morgan fingerprint density at radius 2 is 2.00 bits per heavy atom. The second kappa shape index (κ2) is 6.58. The van der Waals surface area contributed by atoms with Crippen LogP contribution in [0.1, 0.15) is 18.4 Å². The molecule has 112 valence electrons. The van der Waals surface area contributed by atoms with Crippen molar-refractivity contribution < 1.29 is 9.47 Å². The molecule has 6 heteroatoms. The molecule has 0 aromatic heterocycles. The fourth-order valence-electron chi connectivity index (χ4n) is 2.38. The standard InChI is InChI=1S/C15H20N4O2/c16-15-17-9-14(18-19-15)12-1-3-13(4-2-12)21-10-11-5-7-20-8-6-11/h1-4,11H,5-10H2,(H3,16,17,19). The Labute approximate surface area is 124 Å². The summed E-state index contributed by atoms with van der Waals surface area (Å²) in [5, 5.41) is 4.19. The first-order valence-electron chi connectivity index (χ1n) is 7.25. The number of aliphatic imine (C=N–C) groups is 1. The van der Waals surface area contributed by atoms with Crippen LogP contribution in [0, 0.1) is 5.92 Å². The molecule has 0 spiro atoms. The Morgan fingerprint density at radius 3 is 2.67 bits per heavy atom. The quantitative estimate of drug-likeness (QED) is 0.869. The van der Waals surface area contributed by atoms with Crippen LogP contribution in [0.5, 0.6) is 5.75 Å². The van der Waals surface area contributed by atoms with E-state index in [9.17, 15) is 0 Å². The van der Waals surface area contributed by atoms with Crippen LogP contribution in [0.25, 0.3) is 0 Å². The highest BCUT2D eigenvalue weighted by molar-refractivity contribution is 6.04. The monoisotopic (exact) mass is 288 g/mol. The highest BCUT2D eigenvalue weighted by atomic mass is 16.5. The Hall–Kier alpha value is -2.08. The number of nitrogens with two attached hydrogens (primary N) is 1. The highest BCUT2D eigenvalue weighted by Crippen LogP contribution is 2.18. The zero-order valence-electron chi connectivity index (χ0n) is 11.9. The molecule has 2 heterocycles. The van der Waals surface area contributed by atoms with Crippen LogP contribution in [0.4, 0.5) is 0 Å². The van der Waals surface area contributed by atoms with Gasteiger partial charge in [0, 0.05) is 13.2 Å². The number of ether oxygens (including phenoxy) is 2. The number of nitrogens with one attached hydrogen (secondary N) is 1. The summed E-state index contributed by atoms with van der Waals surface area (Å²) in [6.45, 7) is 2.96. The van der Waals surface area contributed by atoms with Crippen molar-refractivity contribution in [2.45, 2.75) is 12.8 Å². The van der Waals surface area contributed by atoms with Crippen molar-refractivity contribution in [1.29, 1.82) is 0 Å². The molecule has 0 aliphatic carbocycles. The van der Waals surface area contributed by atoms with E-state index in [2.05, 4.69) is 15.5 Å². The molecule has 2 aliphatic rings. The van der Waals surface area contributed by atoms with Gasteiger partial charge in [0.1, 0.15) is 5.75 Å². The maximum Gasteiger partial charge on any atom is 0.209 e. The third kappa shape index (κ3) is 3.72. The summed E-state index contributed by atoms with van der Waals surface area (Å²) < 4.78 is 11.2. The van der Waals surface area contributed by atoms with Crippen LogP contribution in [-0.2, 0) is 4.74 Å². The smallest absolute Gasteiger partial charge is 0.209 e. The van der Waals surface area contributed by atoms with Gasteiger partial charge < -0.3 is 15.2 Å². The van der Waals surface area contributed by atoms with E-state index in [0.717, 1.165) is 49.7 Å². The normalized spacial score (nSPS) is 19.4. The molecule has 2 aliphatic heterocycles. The molecule has 0 saturated carbocycles. The van der Waals surface area contributed by atoms with Crippen molar-refractivity contribution in [2.75, 3.05) is 26.4 Å². The Kier molecular flexibility index (Phi) is 4.35. The minimum absolute atomic E-state index is 0.357. The molecular weight excluding hydrogens is 268 g/mol. The van der Waals surface area contributed by atoms with E-state index in [4.69, 9.17) is 15.2 Å². The van der Waals surface area contributed by atoms with E-state index in [1.807, 2.05) is 24.3 Å². The number of guanidine groups is 1. The Balaban J connectivity index is 1.54. The van der Waals surface area contributed by atoms with Crippen LogP contribution in [-0.4, -0.2) is 38.0 Å². The number of hydrogen-bond acceptors (Lipinski definition) is 6. The summed E-state index contributed by atoms with van der Waals surface area (Å²) in [6, 6.07) is 7.94. The predicted molar refractivity (Wildman–Crippen MR) is 81.6 cm³/mol. The van der Waals surface area contributed by atoms with E-state index in [0.29, 0.717) is 18.4 Å². The highest BCUT2D eigenvalue weighted by Gasteiger charge is 2.14. The van der Waals surface area contributed by atoms with Gasteiger partial charge in [-0.25, -0.2) is 10.4 Å². The number of benzene rings is 1. The third-order valence-corrected chi connectivity index (χ3v) is 3.72. The third-order valence-electron chi connectivity index (χ3n) is 3.72. The second-order valence-corrected chi connectivity index (χ2v) is 5.26. The Morgan fingerprint density at radius 1 is 1.24 bits per heavy atom. The van der Waals surface area contributed by atoms with Gasteiger partial charge in [0.15, 0.2) is 0 Å². The van der Waals surface area contributed by atoms with Gasteiger partial charge >= 0.3 is 0 Å². The predicted octanol–water partition coefficient (Wildman–Crippen LogP) is 1.11. The van der Waals surface area contributed by atoms with Crippen molar-refractivity contribution in [3.63, 3.8) is 0 Å². The number of nitrogens with zero attached hydrogens (tertiary/aromatic N) is 2. The van der Waals surface area contributed by atoms with Crippen molar-refractivity contribution in [1.82, 2.24) is 5.43 Å². The van der Waals surface area contributed by atoms with Gasteiger partial charge in [-0.05, 0) is 48.6 Å². The van der Waals surface area contributed by atoms with E-state index < -0.39 is 0 Å². The minimum Gasteiger partial charge on any atom is -0.493 e. The topological polar surface area (TPSA) is 81.2 Å². The molecule has 1 saturated heterocycles. The number of hydrazone groups is 1. The van der Waals surface area contributed by atoms with Crippen molar-refractivity contribution >= 4 is 11.7 Å². The fraction of sp³-hybridized carbons (Fsp3) is 0.467. The molecule has 0 atom stereocenters. The van der Waals surface area contributed by atoms with Crippen LogP contribution in [0.3, 0.4) is 0 Å². The van der Waals surface area contributed by atoms with E-state index >= 15 is 0 Å². The van der Waals surface area contributed by atoms with Crippen molar-refractivity contribution in [3.05, 3.63) is 29.8 Å². The average molecular weight is 288 g/mol. The lowest BCUT2D eigenvalue weighted by Gasteiger charge is -2.22. The summed E-state index contributed by atoms with van der Waals surface area (Å²) in [4.78, 5) is 4.12. The second-order valence-electron chi connectivity index (χ2n) is 5.26. The van der Waals surface area contributed by atoms with Crippen LogP contribution in [0.2, 0.25) is 0 Å². The summed E-state index contributed by atoms with van der Waals surface area (Å²) >= 11 is 0. The van der Waals surface area contributed by atoms with Crippen molar-refractivity contribution in [2.24, 2.45) is 21.7 Å². The summed E-state index contributed by atoms with van der Waals surface area (Å²) in [6.07, 6.45) is 2.17. The molecule has 21 heavy (non-hydrogen) atoms. The minimum atomic E-state index is 0.357. The fourth-order valence-corrected chi connectivity index (χ4v) is 2.38. The van der Waals surface area contributed by atoms with Gasteiger partial charge in [0.05, 0.1) is 18.9 Å². The van der Waals surface area contributed by atoms with Crippen LogP contribution in [0.15, 0.2) is 34.4 Å². The van der Waals surface area contributed by atoms with Gasteiger partial charge in [-0.15, -0.1) is 0 Å². The zero-order valence-corrected chi connectivity index (χ0v) is 11.9. The Bertz CT molecular complexity index is 533. The lowest BCUT2D eigenvalue weighted by Crippen LogP contribution is -2.33. The lowest BCUT2D eigenvalue weighted by atomic mass is 10.0. The SMILES string of the molecule is NC1=NCC(c2ccc(OCC3CCOCC3)cc2)=NN1.